The van der Waals surface area contributed by atoms with Gasteiger partial charge in [0.05, 0.1) is 6.61 Å². The van der Waals surface area contributed by atoms with E-state index < -0.39 is 0 Å². The van der Waals surface area contributed by atoms with Crippen molar-refractivity contribution in [2.75, 3.05) is 26.1 Å². The summed E-state index contributed by atoms with van der Waals surface area (Å²) in [4.78, 5) is 16.2. The number of aliphatic imine (C=N–C) groups is 1. The highest BCUT2D eigenvalue weighted by atomic mass is 16.5. The van der Waals surface area contributed by atoms with Crippen LogP contribution in [0, 0.1) is 11.8 Å². The Bertz CT molecular complexity index is 639. The second kappa shape index (κ2) is 6.54. The lowest BCUT2D eigenvalue weighted by atomic mass is 10.00. The van der Waals surface area contributed by atoms with Gasteiger partial charge in [0, 0.05) is 37.5 Å². The molecule has 0 saturated heterocycles. The standard InChI is InChI=1S/C16H23N5O2/c1-18-14(6-12(17)8-23-2)16(22)19-15-7-13(20-21-15)11-4-9-3-10(9)5-11/h6-7,9-11H,3-5,8,17H2,1-2H3,(H2,19,20,21,22). The molecule has 1 aromatic heterocycles. The molecule has 3 rings (SSSR count). The van der Waals surface area contributed by atoms with Gasteiger partial charge < -0.3 is 15.8 Å². The van der Waals surface area contributed by atoms with Gasteiger partial charge in [-0.15, -0.1) is 0 Å². The van der Waals surface area contributed by atoms with Crippen LogP contribution < -0.4 is 11.1 Å². The Labute approximate surface area is 135 Å². The molecule has 124 valence electrons. The molecular formula is C16H23N5O2. The van der Waals surface area contributed by atoms with Gasteiger partial charge in [0.15, 0.2) is 5.82 Å². The highest BCUT2D eigenvalue weighted by Crippen LogP contribution is 2.57. The van der Waals surface area contributed by atoms with E-state index in [1.165, 1.54) is 25.3 Å². The number of aromatic amines is 1. The first-order valence-electron chi connectivity index (χ1n) is 7.89. The third-order valence-corrected chi connectivity index (χ3v) is 4.63. The Hall–Kier alpha value is -2.15. The fourth-order valence-corrected chi connectivity index (χ4v) is 3.37. The quantitative estimate of drug-likeness (QED) is 0.690. The molecule has 7 heteroatoms. The predicted molar refractivity (Wildman–Crippen MR) is 88.3 cm³/mol. The van der Waals surface area contributed by atoms with E-state index in [9.17, 15) is 4.79 Å². The number of hydrogen-bond donors (Lipinski definition) is 3. The van der Waals surface area contributed by atoms with Crippen molar-refractivity contribution in [2.45, 2.75) is 25.2 Å². The smallest absolute Gasteiger partial charge is 0.275 e. The summed E-state index contributed by atoms with van der Waals surface area (Å²) in [5, 5.41) is 9.99. The first-order chi connectivity index (χ1) is 11.1. The second-order valence-electron chi connectivity index (χ2n) is 6.35. The molecule has 0 radical (unpaired) electrons. The number of rotatable bonds is 6. The van der Waals surface area contributed by atoms with Crippen molar-refractivity contribution in [3.63, 3.8) is 0 Å². The van der Waals surface area contributed by atoms with Gasteiger partial charge in [0.2, 0.25) is 0 Å². The Morgan fingerprint density at radius 2 is 2.26 bits per heavy atom. The highest BCUT2D eigenvalue weighted by Gasteiger charge is 2.46. The number of ether oxygens (including phenoxy) is 1. The van der Waals surface area contributed by atoms with Gasteiger partial charge in [-0.3, -0.25) is 14.9 Å². The normalized spacial score (nSPS) is 27.0. The van der Waals surface area contributed by atoms with Crippen LogP contribution in [0.1, 0.15) is 30.9 Å². The van der Waals surface area contributed by atoms with Gasteiger partial charge in [-0.1, -0.05) is 0 Å². The molecule has 0 aromatic carbocycles. The lowest BCUT2D eigenvalue weighted by Gasteiger charge is -2.07. The third-order valence-electron chi connectivity index (χ3n) is 4.63. The zero-order valence-electron chi connectivity index (χ0n) is 13.5. The van der Waals surface area contributed by atoms with Crippen LogP contribution in [0.15, 0.2) is 22.8 Å². The number of methoxy groups -OCH3 is 1. The molecule has 2 aliphatic rings. The molecule has 0 aliphatic heterocycles. The van der Waals surface area contributed by atoms with Gasteiger partial charge in [0.1, 0.15) is 5.71 Å². The number of H-pyrrole nitrogens is 1. The first kappa shape index (κ1) is 15.7. The third kappa shape index (κ3) is 3.61. The van der Waals surface area contributed by atoms with Gasteiger partial charge in [-0.2, -0.15) is 5.10 Å². The van der Waals surface area contributed by atoms with Gasteiger partial charge >= 0.3 is 0 Å². The summed E-state index contributed by atoms with van der Waals surface area (Å²) >= 11 is 0. The molecular weight excluding hydrogens is 294 g/mol. The number of carbonyl (C=O) groups is 1. The number of aromatic nitrogens is 2. The average molecular weight is 317 g/mol. The molecule has 7 nitrogen and oxygen atoms in total. The summed E-state index contributed by atoms with van der Waals surface area (Å²) in [5.41, 5.74) is 7.54. The summed E-state index contributed by atoms with van der Waals surface area (Å²) in [6.45, 7) is 0.253. The van der Waals surface area contributed by atoms with Crippen LogP contribution >= 0.6 is 0 Å². The topological polar surface area (TPSA) is 105 Å². The minimum absolute atomic E-state index is 0.242. The summed E-state index contributed by atoms with van der Waals surface area (Å²) in [6, 6.07) is 1.92. The molecule has 1 heterocycles. The number of nitrogens with one attached hydrogen (secondary N) is 2. The van der Waals surface area contributed by atoms with Crippen LogP contribution in [0.4, 0.5) is 5.82 Å². The summed E-state index contributed by atoms with van der Waals surface area (Å²) in [7, 11) is 3.09. The van der Waals surface area contributed by atoms with Crippen molar-refractivity contribution >= 4 is 17.4 Å². The van der Waals surface area contributed by atoms with Crippen LogP contribution in [-0.2, 0) is 9.53 Å². The summed E-state index contributed by atoms with van der Waals surface area (Å²) in [5.74, 6) is 2.56. The van der Waals surface area contributed by atoms with E-state index in [-0.39, 0.29) is 18.2 Å². The van der Waals surface area contributed by atoms with Crippen molar-refractivity contribution in [3.8, 4) is 0 Å². The Balaban J connectivity index is 1.61. The maximum atomic E-state index is 12.2. The van der Waals surface area contributed by atoms with Crippen molar-refractivity contribution in [1.82, 2.24) is 10.2 Å². The van der Waals surface area contributed by atoms with E-state index >= 15 is 0 Å². The number of fused-ring (bicyclic) bond motifs is 1. The van der Waals surface area contributed by atoms with E-state index in [0.717, 1.165) is 17.5 Å². The average Bonchev–Trinajstić information content (AvgIpc) is 2.94. The molecule has 2 unspecified atom stereocenters. The lowest BCUT2D eigenvalue weighted by molar-refractivity contribution is -0.110. The molecule has 2 saturated carbocycles. The Morgan fingerprint density at radius 3 is 2.91 bits per heavy atom. The van der Waals surface area contributed by atoms with Crippen LogP contribution in [-0.4, -0.2) is 42.6 Å². The number of nitrogens with two attached hydrogens (primary N) is 1. The minimum atomic E-state index is -0.334. The Kier molecular flexibility index (Phi) is 4.47. The second-order valence-corrected chi connectivity index (χ2v) is 6.35. The molecule has 0 spiro atoms. The number of anilines is 1. The molecule has 2 fully saturated rings. The van der Waals surface area contributed by atoms with E-state index in [0.29, 0.717) is 17.4 Å². The number of carbonyl (C=O) groups excluding carboxylic acids is 1. The maximum Gasteiger partial charge on any atom is 0.275 e. The van der Waals surface area contributed by atoms with Gasteiger partial charge in [-0.05, 0) is 37.2 Å². The van der Waals surface area contributed by atoms with Crippen LogP contribution in [0.5, 0.6) is 0 Å². The molecule has 2 atom stereocenters. The van der Waals surface area contributed by atoms with Crippen molar-refractivity contribution in [2.24, 2.45) is 22.6 Å². The molecule has 0 bridgehead atoms. The molecule has 4 N–H and O–H groups in total. The van der Waals surface area contributed by atoms with Gasteiger partial charge in [0.25, 0.3) is 5.91 Å². The van der Waals surface area contributed by atoms with Crippen molar-refractivity contribution in [1.29, 1.82) is 0 Å². The van der Waals surface area contributed by atoms with E-state index in [1.54, 1.807) is 14.2 Å². The SMILES string of the molecule is CN=C(C=C(N)COC)C(=O)Nc1cc(C2CC3CC3C2)[nH]n1. The zero-order valence-corrected chi connectivity index (χ0v) is 13.5. The van der Waals surface area contributed by atoms with Crippen LogP contribution in [0.3, 0.4) is 0 Å². The molecule has 1 amide bonds. The molecule has 1 aromatic rings. The predicted octanol–water partition coefficient (Wildman–Crippen LogP) is 1.42. The van der Waals surface area contributed by atoms with Gasteiger partial charge in [-0.25, -0.2) is 0 Å². The first-order valence-corrected chi connectivity index (χ1v) is 7.89. The van der Waals surface area contributed by atoms with E-state index in [4.69, 9.17) is 10.5 Å². The fourth-order valence-electron chi connectivity index (χ4n) is 3.37. The van der Waals surface area contributed by atoms with E-state index in [2.05, 4.69) is 20.5 Å². The summed E-state index contributed by atoms with van der Waals surface area (Å²) in [6.07, 6.45) is 5.37. The maximum absolute atomic E-state index is 12.2. The van der Waals surface area contributed by atoms with Crippen LogP contribution in [0.25, 0.3) is 0 Å². The Morgan fingerprint density at radius 1 is 1.52 bits per heavy atom. The van der Waals surface area contributed by atoms with Crippen LogP contribution in [0.2, 0.25) is 0 Å². The molecule has 23 heavy (non-hydrogen) atoms. The fraction of sp³-hybridized carbons (Fsp3) is 0.562. The number of hydrogen-bond acceptors (Lipinski definition) is 5. The zero-order chi connectivity index (χ0) is 16.4. The lowest BCUT2D eigenvalue weighted by Crippen LogP contribution is -2.23. The summed E-state index contributed by atoms with van der Waals surface area (Å²) < 4.78 is 4.92. The van der Waals surface area contributed by atoms with Crippen molar-refractivity contribution in [3.05, 3.63) is 23.5 Å². The minimum Gasteiger partial charge on any atom is -0.400 e. The number of amides is 1. The highest BCUT2D eigenvalue weighted by molar-refractivity contribution is 6.47. The largest absolute Gasteiger partial charge is 0.400 e. The van der Waals surface area contributed by atoms with E-state index in [1.807, 2.05) is 6.07 Å². The molecule has 2 aliphatic carbocycles. The monoisotopic (exact) mass is 317 g/mol. The number of nitrogens with zero attached hydrogens (tertiary/aromatic N) is 2. The van der Waals surface area contributed by atoms with Crippen molar-refractivity contribution < 1.29 is 9.53 Å².